The Hall–Kier alpha value is -3.20. The molecule has 0 spiro atoms. The standard InChI is InChI=1S/C20H22N4O4S/c1-4-14-9-15-19(29-14)21-12-24(20(15)26)11-18(25)23-22-10-13-6-7-16(28-5-2)17(8-13)27-3/h6-10,12H,4-5,11H2,1-3H3,(H,23,25). The van der Waals surface area contributed by atoms with Crippen molar-refractivity contribution in [3.05, 3.63) is 51.4 Å². The molecule has 3 aromatic rings. The van der Waals surface area contributed by atoms with Gasteiger partial charge in [0.2, 0.25) is 0 Å². The van der Waals surface area contributed by atoms with E-state index in [1.54, 1.807) is 25.3 Å². The first-order valence-electron chi connectivity index (χ1n) is 9.16. The fraction of sp³-hybridized carbons (Fsp3) is 0.300. The molecule has 152 valence electrons. The maximum atomic E-state index is 12.5. The van der Waals surface area contributed by atoms with Gasteiger partial charge < -0.3 is 9.47 Å². The van der Waals surface area contributed by atoms with E-state index in [9.17, 15) is 9.59 Å². The highest BCUT2D eigenvalue weighted by atomic mass is 32.1. The van der Waals surface area contributed by atoms with Crippen LogP contribution >= 0.6 is 11.3 Å². The van der Waals surface area contributed by atoms with Crippen LogP contribution in [0.3, 0.4) is 0 Å². The van der Waals surface area contributed by atoms with E-state index in [1.807, 2.05) is 19.9 Å². The molecule has 29 heavy (non-hydrogen) atoms. The molecule has 3 rings (SSSR count). The van der Waals surface area contributed by atoms with Crippen molar-refractivity contribution in [1.29, 1.82) is 0 Å². The lowest BCUT2D eigenvalue weighted by molar-refractivity contribution is -0.121. The van der Waals surface area contributed by atoms with E-state index < -0.39 is 5.91 Å². The lowest BCUT2D eigenvalue weighted by Gasteiger charge is -2.09. The van der Waals surface area contributed by atoms with Crippen molar-refractivity contribution in [3.63, 3.8) is 0 Å². The Morgan fingerprint density at radius 2 is 2.14 bits per heavy atom. The molecule has 0 aliphatic carbocycles. The molecule has 0 radical (unpaired) electrons. The number of carbonyl (C=O) groups is 1. The second-order valence-corrected chi connectivity index (χ2v) is 7.21. The highest BCUT2D eigenvalue weighted by Gasteiger charge is 2.10. The highest BCUT2D eigenvalue weighted by molar-refractivity contribution is 7.18. The summed E-state index contributed by atoms with van der Waals surface area (Å²) in [5.74, 6) is 0.793. The number of fused-ring (bicyclic) bond motifs is 1. The molecule has 0 saturated heterocycles. The SMILES string of the molecule is CCOc1ccc(C=NNC(=O)Cn2cnc3sc(CC)cc3c2=O)cc1OC. The molecule has 8 nitrogen and oxygen atoms in total. The number of aryl methyl sites for hydroxylation is 1. The van der Waals surface area contributed by atoms with Gasteiger partial charge >= 0.3 is 0 Å². The van der Waals surface area contributed by atoms with Crippen LogP contribution in [0.4, 0.5) is 0 Å². The fourth-order valence-corrected chi connectivity index (χ4v) is 3.63. The zero-order chi connectivity index (χ0) is 20.8. The number of nitrogens with one attached hydrogen (secondary N) is 1. The van der Waals surface area contributed by atoms with Crippen LogP contribution in [0.25, 0.3) is 10.2 Å². The minimum atomic E-state index is -0.423. The van der Waals surface area contributed by atoms with Crippen LogP contribution in [0.5, 0.6) is 11.5 Å². The molecule has 0 aliphatic heterocycles. The summed E-state index contributed by atoms with van der Waals surface area (Å²) in [5.41, 5.74) is 2.92. The Morgan fingerprint density at radius 1 is 1.31 bits per heavy atom. The van der Waals surface area contributed by atoms with Gasteiger partial charge in [0.1, 0.15) is 11.4 Å². The van der Waals surface area contributed by atoms with Crippen LogP contribution in [0, 0.1) is 0 Å². The van der Waals surface area contributed by atoms with Crippen LogP contribution in [0.15, 0.2) is 40.5 Å². The first-order valence-corrected chi connectivity index (χ1v) is 9.98. The van der Waals surface area contributed by atoms with Crippen LogP contribution in [-0.4, -0.2) is 35.4 Å². The number of hydrogen-bond donors (Lipinski definition) is 1. The summed E-state index contributed by atoms with van der Waals surface area (Å²) in [4.78, 5) is 30.7. The van der Waals surface area contributed by atoms with E-state index in [0.717, 1.165) is 16.9 Å². The lowest BCUT2D eigenvalue weighted by Crippen LogP contribution is -2.29. The van der Waals surface area contributed by atoms with Gasteiger partial charge in [-0.25, -0.2) is 10.4 Å². The average Bonchev–Trinajstić information content (AvgIpc) is 3.15. The number of aromatic nitrogens is 2. The van der Waals surface area contributed by atoms with Crippen molar-refractivity contribution in [2.24, 2.45) is 5.10 Å². The van der Waals surface area contributed by atoms with Crippen LogP contribution in [0.2, 0.25) is 0 Å². The zero-order valence-electron chi connectivity index (χ0n) is 16.5. The number of nitrogens with zero attached hydrogens (tertiary/aromatic N) is 3. The summed E-state index contributed by atoms with van der Waals surface area (Å²) in [6.45, 7) is 4.28. The van der Waals surface area contributed by atoms with Crippen molar-refractivity contribution in [2.45, 2.75) is 26.8 Å². The topological polar surface area (TPSA) is 94.8 Å². The number of hydrazone groups is 1. The Morgan fingerprint density at radius 3 is 2.86 bits per heavy atom. The summed E-state index contributed by atoms with van der Waals surface area (Å²) >= 11 is 1.49. The number of carbonyl (C=O) groups excluding carboxylic acids is 1. The number of ether oxygens (including phenoxy) is 2. The Kier molecular flexibility index (Phi) is 6.61. The van der Waals surface area contributed by atoms with Gasteiger partial charge in [0, 0.05) is 4.88 Å². The normalized spacial score (nSPS) is 11.1. The second-order valence-electron chi connectivity index (χ2n) is 6.10. The van der Waals surface area contributed by atoms with Gasteiger partial charge in [-0.1, -0.05) is 6.92 Å². The van der Waals surface area contributed by atoms with Crippen LogP contribution < -0.4 is 20.5 Å². The number of hydrogen-bond acceptors (Lipinski definition) is 7. The number of amides is 1. The van der Waals surface area contributed by atoms with E-state index in [-0.39, 0.29) is 12.1 Å². The first kappa shape index (κ1) is 20.5. The van der Waals surface area contributed by atoms with Gasteiger partial charge in [0.25, 0.3) is 11.5 Å². The molecule has 0 saturated carbocycles. The van der Waals surface area contributed by atoms with Gasteiger partial charge in [0.05, 0.1) is 31.6 Å². The monoisotopic (exact) mass is 414 g/mol. The summed E-state index contributed by atoms with van der Waals surface area (Å²) in [6, 6.07) is 7.16. The molecule has 0 aliphatic rings. The number of rotatable bonds is 8. The van der Waals surface area contributed by atoms with E-state index in [2.05, 4.69) is 15.5 Å². The predicted molar refractivity (Wildman–Crippen MR) is 113 cm³/mol. The number of benzene rings is 1. The summed E-state index contributed by atoms with van der Waals surface area (Å²) in [7, 11) is 1.56. The second kappa shape index (κ2) is 9.33. The number of thiophene rings is 1. The van der Waals surface area contributed by atoms with Gasteiger partial charge in [-0.2, -0.15) is 5.10 Å². The smallest absolute Gasteiger partial charge is 0.262 e. The Labute approximate surface area is 171 Å². The molecule has 0 unspecified atom stereocenters. The minimum absolute atomic E-state index is 0.164. The highest BCUT2D eigenvalue weighted by Crippen LogP contribution is 2.27. The van der Waals surface area contributed by atoms with Crippen LogP contribution in [-0.2, 0) is 17.8 Å². The van der Waals surface area contributed by atoms with E-state index >= 15 is 0 Å². The van der Waals surface area contributed by atoms with E-state index in [1.165, 1.54) is 28.4 Å². The summed E-state index contributed by atoms with van der Waals surface area (Å²) in [5, 5.41) is 4.48. The molecule has 1 N–H and O–H groups in total. The van der Waals surface area contributed by atoms with Gasteiger partial charge in [-0.05, 0) is 43.2 Å². The molecule has 1 amide bonds. The molecule has 1 aromatic carbocycles. The molecule has 2 aromatic heterocycles. The van der Waals surface area contributed by atoms with Crippen LogP contribution in [0.1, 0.15) is 24.3 Å². The largest absolute Gasteiger partial charge is 0.493 e. The third kappa shape index (κ3) is 4.80. The maximum absolute atomic E-state index is 12.5. The molecule has 9 heteroatoms. The average molecular weight is 414 g/mol. The first-order chi connectivity index (χ1) is 14.0. The molecular formula is C20H22N4O4S. The summed E-state index contributed by atoms with van der Waals surface area (Å²) in [6.07, 6.45) is 3.72. The molecule has 0 atom stereocenters. The summed E-state index contributed by atoms with van der Waals surface area (Å²) < 4.78 is 12.0. The number of methoxy groups -OCH3 is 1. The van der Waals surface area contributed by atoms with Crippen molar-refractivity contribution in [1.82, 2.24) is 15.0 Å². The predicted octanol–water partition coefficient (Wildman–Crippen LogP) is 2.58. The molecule has 2 heterocycles. The third-order valence-electron chi connectivity index (χ3n) is 4.12. The minimum Gasteiger partial charge on any atom is -0.493 e. The fourth-order valence-electron chi connectivity index (χ4n) is 2.70. The van der Waals surface area contributed by atoms with Crippen molar-refractivity contribution in [2.75, 3.05) is 13.7 Å². The maximum Gasteiger partial charge on any atom is 0.262 e. The van der Waals surface area contributed by atoms with E-state index in [4.69, 9.17) is 9.47 Å². The van der Waals surface area contributed by atoms with Crippen molar-refractivity contribution < 1.29 is 14.3 Å². The Bertz CT molecular complexity index is 1100. The van der Waals surface area contributed by atoms with Crippen molar-refractivity contribution >= 4 is 33.7 Å². The molecule has 0 fully saturated rings. The van der Waals surface area contributed by atoms with E-state index in [0.29, 0.717) is 28.3 Å². The van der Waals surface area contributed by atoms with Gasteiger partial charge in [0.15, 0.2) is 11.5 Å². The molecular weight excluding hydrogens is 392 g/mol. The zero-order valence-corrected chi connectivity index (χ0v) is 17.3. The quantitative estimate of drug-likeness (QED) is 0.452. The molecule has 0 bridgehead atoms. The lowest BCUT2D eigenvalue weighted by atomic mass is 10.2. The van der Waals surface area contributed by atoms with Gasteiger partial charge in [-0.3, -0.25) is 14.2 Å². The van der Waals surface area contributed by atoms with Gasteiger partial charge in [-0.15, -0.1) is 11.3 Å². The third-order valence-corrected chi connectivity index (χ3v) is 5.31. The Balaban J connectivity index is 1.66. The van der Waals surface area contributed by atoms with Crippen molar-refractivity contribution in [3.8, 4) is 11.5 Å².